The number of piperidine rings is 1. The lowest BCUT2D eigenvalue weighted by Gasteiger charge is -2.43. The monoisotopic (exact) mass is 588 g/mol. The smallest absolute Gasteiger partial charge is 0.410 e. The highest BCUT2D eigenvalue weighted by Crippen LogP contribution is 2.40. The van der Waals surface area contributed by atoms with E-state index in [0.29, 0.717) is 42.8 Å². The largest absolute Gasteiger partial charge is 0.444 e. The minimum atomic E-state index is -0.711. The summed E-state index contributed by atoms with van der Waals surface area (Å²) in [5.74, 6) is 0.110. The third-order valence-corrected chi connectivity index (χ3v) is 8.94. The molecular formula is C30H38Cl2N4O4. The van der Waals surface area contributed by atoms with Crippen molar-refractivity contribution in [3.8, 4) is 0 Å². The van der Waals surface area contributed by atoms with Crippen molar-refractivity contribution in [3.63, 3.8) is 0 Å². The molecule has 1 N–H and O–H groups in total. The van der Waals surface area contributed by atoms with Gasteiger partial charge in [0.05, 0.1) is 29.9 Å². The summed E-state index contributed by atoms with van der Waals surface area (Å²) in [7, 11) is 0. The molecule has 2 amide bonds. The van der Waals surface area contributed by atoms with Crippen molar-refractivity contribution in [1.29, 1.82) is 0 Å². The molecule has 0 aromatic heterocycles. The van der Waals surface area contributed by atoms with E-state index in [9.17, 15) is 9.59 Å². The molecule has 1 atom stereocenters. The number of carbonyl (C=O) groups excluding carboxylic acids is 2. The number of para-hydroxylation sites is 1. The fourth-order valence-electron chi connectivity index (χ4n) is 6.03. The van der Waals surface area contributed by atoms with Crippen LogP contribution in [0.25, 0.3) is 0 Å². The molecule has 2 aromatic carbocycles. The molecule has 3 fully saturated rings. The Kier molecular flexibility index (Phi) is 8.26. The van der Waals surface area contributed by atoms with Gasteiger partial charge in [-0.1, -0.05) is 47.5 Å². The molecule has 3 aliphatic heterocycles. The van der Waals surface area contributed by atoms with Crippen LogP contribution in [-0.2, 0) is 19.9 Å². The molecule has 1 unspecified atom stereocenters. The lowest BCUT2D eigenvalue weighted by molar-refractivity contribution is -0.125. The molecule has 0 bridgehead atoms. The number of benzene rings is 2. The lowest BCUT2D eigenvalue weighted by atomic mass is 9.85. The van der Waals surface area contributed by atoms with E-state index in [1.54, 1.807) is 11.0 Å². The molecule has 216 valence electrons. The highest BCUT2D eigenvalue weighted by molar-refractivity contribution is 6.42. The van der Waals surface area contributed by atoms with Crippen molar-refractivity contribution in [1.82, 2.24) is 15.1 Å². The third-order valence-electron chi connectivity index (χ3n) is 8.20. The summed E-state index contributed by atoms with van der Waals surface area (Å²) >= 11 is 12.6. The first kappa shape index (κ1) is 29.0. The van der Waals surface area contributed by atoms with E-state index in [1.807, 2.05) is 51.1 Å². The number of nitrogens with zero attached hydrogens (tertiary/aromatic N) is 3. The van der Waals surface area contributed by atoms with Crippen LogP contribution in [0.1, 0.15) is 45.6 Å². The quantitative estimate of drug-likeness (QED) is 0.495. The first-order valence-corrected chi connectivity index (χ1v) is 14.7. The summed E-state index contributed by atoms with van der Waals surface area (Å²) in [5.41, 5.74) is 0.158. The Morgan fingerprint density at radius 3 is 2.40 bits per heavy atom. The normalized spacial score (nSPS) is 23.1. The minimum Gasteiger partial charge on any atom is -0.444 e. The fraction of sp³-hybridized carbons (Fsp3) is 0.533. The fourth-order valence-corrected chi connectivity index (χ4v) is 6.33. The van der Waals surface area contributed by atoms with Crippen molar-refractivity contribution in [2.45, 2.75) is 56.8 Å². The van der Waals surface area contributed by atoms with Crippen molar-refractivity contribution < 1.29 is 19.1 Å². The van der Waals surface area contributed by atoms with Crippen LogP contribution >= 0.6 is 23.2 Å². The molecule has 3 saturated heterocycles. The molecule has 5 rings (SSSR count). The van der Waals surface area contributed by atoms with E-state index in [-0.39, 0.29) is 12.0 Å². The maximum atomic E-state index is 13.0. The Balaban J connectivity index is 1.24. The number of likely N-dealkylation sites (tertiary alicyclic amines) is 2. The van der Waals surface area contributed by atoms with E-state index in [4.69, 9.17) is 32.7 Å². The van der Waals surface area contributed by atoms with Gasteiger partial charge in [0.2, 0.25) is 5.91 Å². The molecule has 1 spiro atoms. The summed E-state index contributed by atoms with van der Waals surface area (Å²) in [6, 6.07) is 15.7. The van der Waals surface area contributed by atoms with Crippen LogP contribution in [0.5, 0.6) is 0 Å². The maximum absolute atomic E-state index is 13.0. The number of rotatable bonds is 6. The predicted molar refractivity (Wildman–Crippen MR) is 157 cm³/mol. The molecule has 40 heavy (non-hydrogen) atoms. The van der Waals surface area contributed by atoms with Gasteiger partial charge < -0.3 is 29.5 Å². The van der Waals surface area contributed by atoms with Gasteiger partial charge in [-0.2, -0.15) is 0 Å². The van der Waals surface area contributed by atoms with Gasteiger partial charge in [0, 0.05) is 38.3 Å². The van der Waals surface area contributed by atoms with Crippen LogP contribution in [0, 0.1) is 0 Å². The number of nitrogens with one attached hydrogen (secondary N) is 1. The number of ether oxygens (including phenoxy) is 2. The molecular weight excluding hydrogens is 551 g/mol. The van der Waals surface area contributed by atoms with Crippen LogP contribution in [0.2, 0.25) is 10.0 Å². The first-order valence-electron chi connectivity index (χ1n) is 13.9. The highest BCUT2D eigenvalue weighted by atomic mass is 35.5. The van der Waals surface area contributed by atoms with Crippen molar-refractivity contribution in [2.24, 2.45) is 0 Å². The Bertz CT molecular complexity index is 1230. The maximum Gasteiger partial charge on any atom is 0.410 e. The molecule has 8 nitrogen and oxygen atoms in total. The molecule has 2 aromatic rings. The Morgan fingerprint density at radius 2 is 1.73 bits per heavy atom. The zero-order chi connectivity index (χ0) is 28.5. The summed E-state index contributed by atoms with van der Waals surface area (Å²) < 4.78 is 12.3. The topological polar surface area (TPSA) is 74.3 Å². The number of hydrogen-bond donors (Lipinski definition) is 1. The zero-order valence-electron chi connectivity index (χ0n) is 23.4. The van der Waals surface area contributed by atoms with Gasteiger partial charge in [0.25, 0.3) is 0 Å². The molecule has 10 heteroatoms. The second-order valence-electron chi connectivity index (χ2n) is 11.9. The number of amides is 2. The number of anilines is 1. The average molecular weight is 590 g/mol. The van der Waals surface area contributed by atoms with Crippen LogP contribution in [0.15, 0.2) is 48.5 Å². The SMILES string of the molecule is CC(C)(C)OC(=O)N1CCC(OCCN2CCC3(CC2)C(=O)NCN3c2ccccc2)(c2ccc(Cl)c(Cl)c2)C1. The number of hydrogen-bond acceptors (Lipinski definition) is 6. The number of halogens is 2. The first-order chi connectivity index (χ1) is 19.0. The van der Waals surface area contributed by atoms with Gasteiger partial charge in [0.1, 0.15) is 16.7 Å². The average Bonchev–Trinajstić information content (AvgIpc) is 3.49. The van der Waals surface area contributed by atoms with Gasteiger partial charge in [-0.25, -0.2) is 4.79 Å². The molecule has 0 saturated carbocycles. The van der Waals surface area contributed by atoms with Crippen molar-refractivity contribution >= 4 is 40.9 Å². The standard InChI is InChI=1S/C30H38Cl2N4O4/c1-28(2,3)40-27(38)35-16-13-30(20-35,22-9-10-24(31)25(32)19-22)39-18-17-34-14-11-29(12-15-34)26(37)33-21-36(29)23-7-5-4-6-8-23/h4-10,19H,11-18,20-21H2,1-3H3,(H,33,37). The van der Waals surface area contributed by atoms with E-state index >= 15 is 0 Å². The third kappa shape index (κ3) is 5.91. The van der Waals surface area contributed by atoms with Crippen LogP contribution in [0.3, 0.4) is 0 Å². The van der Waals surface area contributed by atoms with Crippen LogP contribution in [-0.4, -0.2) is 78.9 Å². The van der Waals surface area contributed by atoms with E-state index in [1.165, 1.54) is 0 Å². The Hall–Kier alpha value is -2.52. The molecule has 0 aliphatic carbocycles. The van der Waals surface area contributed by atoms with E-state index in [2.05, 4.69) is 27.2 Å². The Labute approximate surface area is 246 Å². The zero-order valence-corrected chi connectivity index (χ0v) is 24.9. The summed E-state index contributed by atoms with van der Waals surface area (Å²) in [5, 5.41) is 4.00. The van der Waals surface area contributed by atoms with Crippen molar-refractivity contribution in [2.75, 3.05) is 50.9 Å². The van der Waals surface area contributed by atoms with Gasteiger partial charge in [0.15, 0.2) is 0 Å². The second-order valence-corrected chi connectivity index (χ2v) is 12.7. The van der Waals surface area contributed by atoms with Gasteiger partial charge in [-0.3, -0.25) is 4.79 Å². The molecule has 3 heterocycles. The second kappa shape index (κ2) is 11.4. The summed E-state index contributed by atoms with van der Waals surface area (Å²) in [6.07, 6.45) is 1.77. The van der Waals surface area contributed by atoms with Gasteiger partial charge >= 0.3 is 6.09 Å². The lowest BCUT2D eigenvalue weighted by Crippen LogP contribution is -2.56. The summed E-state index contributed by atoms with van der Waals surface area (Å²) in [6.45, 7) is 9.80. The van der Waals surface area contributed by atoms with Crippen LogP contribution in [0.4, 0.5) is 10.5 Å². The molecule has 3 aliphatic rings. The highest BCUT2D eigenvalue weighted by Gasteiger charge is 2.50. The van der Waals surface area contributed by atoms with Crippen LogP contribution < -0.4 is 10.2 Å². The van der Waals surface area contributed by atoms with Gasteiger partial charge in [-0.15, -0.1) is 0 Å². The minimum absolute atomic E-state index is 0.110. The summed E-state index contributed by atoms with van der Waals surface area (Å²) in [4.78, 5) is 32.1. The molecule has 0 radical (unpaired) electrons. The Morgan fingerprint density at radius 1 is 1.00 bits per heavy atom. The van der Waals surface area contributed by atoms with E-state index < -0.39 is 16.7 Å². The van der Waals surface area contributed by atoms with E-state index in [0.717, 1.165) is 43.7 Å². The number of carbonyl (C=O) groups is 2. The van der Waals surface area contributed by atoms with Gasteiger partial charge in [-0.05, 0) is 63.4 Å². The van der Waals surface area contributed by atoms with Crippen molar-refractivity contribution in [3.05, 3.63) is 64.1 Å². The predicted octanol–water partition coefficient (Wildman–Crippen LogP) is 5.27.